The summed E-state index contributed by atoms with van der Waals surface area (Å²) >= 11 is 0. The van der Waals surface area contributed by atoms with Crippen molar-refractivity contribution in [2.75, 3.05) is 6.61 Å². The maximum atomic E-state index is 11.5. The second-order valence-electron chi connectivity index (χ2n) is 6.55. The summed E-state index contributed by atoms with van der Waals surface area (Å²) < 4.78 is 11.2. The van der Waals surface area contributed by atoms with Crippen LogP contribution in [0.1, 0.15) is 67.7 Å². The molecular formula is C15H30O3. The molecule has 0 radical (unpaired) electrons. The Morgan fingerprint density at radius 1 is 1.17 bits per heavy atom. The summed E-state index contributed by atoms with van der Waals surface area (Å²) in [7, 11) is 0. The summed E-state index contributed by atoms with van der Waals surface area (Å²) in [6.07, 6.45) is 2.56. The van der Waals surface area contributed by atoms with E-state index in [0.29, 0.717) is 6.61 Å². The van der Waals surface area contributed by atoms with Crippen LogP contribution in [0.2, 0.25) is 0 Å². The molecule has 0 rings (SSSR count). The summed E-state index contributed by atoms with van der Waals surface area (Å²) in [6.45, 7) is 14.7. The third-order valence-electron chi connectivity index (χ3n) is 2.76. The fraction of sp³-hybridized carbons (Fsp3) is 0.933. The van der Waals surface area contributed by atoms with E-state index in [2.05, 4.69) is 34.6 Å². The van der Waals surface area contributed by atoms with Crippen LogP contribution in [0.25, 0.3) is 0 Å². The zero-order valence-corrected chi connectivity index (χ0v) is 13.1. The van der Waals surface area contributed by atoms with Crippen molar-refractivity contribution in [2.45, 2.75) is 78.9 Å². The molecule has 0 saturated carbocycles. The van der Waals surface area contributed by atoms with Gasteiger partial charge in [0.25, 0.3) is 0 Å². The van der Waals surface area contributed by atoms with E-state index >= 15 is 0 Å². The van der Waals surface area contributed by atoms with Gasteiger partial charge >= 0.3 is 5.97 Å². The highest BCUT2D eigenvalue weighted by Crippen LogP contribution is 2.24. The largest absolute Gasteiger partial charge is 0.465 e. The molecule has 0 spiro atoms. The molecule has 1 unspecified atom stereocenters. The highest BCUT2D eigenvalue weighted by atomic mass is 16.5. The topological polar surface area (TPSA) is 35.5 Å². The molecule has 0 saturated heterocycles. The second kappa shape index (κ2) is 7.13. The van der Waals surface area contributed by atoms with Crippen LogP contribution in [-0.2, 0) is 14.3 Å². The zero-order chi connectivity index (χ0) is 14.4. The standard InChI is InChI=1S/C15H30O3/c1-8-12(2)13(16)17-11-9-10-15(6,7)18-14(3,4)5/h12H,8-11H2,1-7H3. The van der Waals surface area contributed by atoms with Crippen molar-refractivity contribution in [3.05, 3.63) is 0 Å². The molecule has 108 valence electrons. The molecule has 0 fully saturated rings. The van der Waals surface area contributed by atoms with Gasteiger partial charge in [-0.3, -0.25) is 4.79 Å². The van der Waals surface area contributed by atoms with Crippen LogP contribution in [0.4, 0.5) is 0 Å². The lowest BCUT2D eigenvalue weighted by atomic mass is 10.0. The third-order valence-corrected chi connectivity index (χ3v) is 2.76. The average molecular weight is 258 g/mol. The number of esters is 1. The Hall–Kier alpha value is -0.570. The first-order valence-corrected chi connectivity index (χ1v) is 6.94. The minimum atomic E-state index is -0.180. The number of carbonyl (C=O) groups is 1. The van der Waals surface area contributed by atoms with E-state index in [1.54, 1.807) is 0 Å². The zero-order valence-electron chi connectivity index (χ0n) is 13.1. The van der Waals surface area contributed by atoms with Gasteiger partial charge in [-0.25, -0.2) is 0 Å². The van der Waals surface area contributed by atoms with E-state index in [1.165, 1.54) is 0 Å². The van der Waals surface area contributed by atoms with Gasteiger partial charge < -0.3 is 9.47 Å². The maximum absolute atomic E-state index is 11.5. The SMILES string of the molecule is CCC(C)C(=O)OCCCC(C)(C)OC(C)(C)C. The summed E-state index contributed by atoms with van der Waals surface area (Å²) in [4.78, 5) is 11.5. The van der Waals surface area contributed by atoms with Crippen LogP contribution in [-0.4, -0.2) is 23.8 Å². The van der Waals surface area contributed by atoms with E-state index in [1.807, 2.05) is 13.8 Å². The molecule has 0 aromatic carbocycles. The van der Waals surface area contributed by atoms with E-state index in [4.69, 9.17) is 9.47 Å². The van der Waals surface area contributed by atoms with Gasteiger partial charge in [0.05, 0.1) is 23.7 Å². The molecule has 18 heavy (non-hydrogen) atoms. The normalized spacial score (nSPS) is 14.4. The summed E-state index contributed by atoms with van der Waals surface area (Å²) in [5.41, 5.74) is -0.321. The summed E-state index contributed by atoms with van der Waals surface area (Å²) in [5.74, 6) is -0.0871. The molecule has 3 heteroatoms. The second-order valence-corrected chi connectivity index (χ2v) is 6.55. The van der Waals surface area contributed by atoms with Crippen LogP contribution < -0.4 is 0 Å². The predicted molar refractivity (Wildman–Crippen MR) is 74.6 cm³/mol. The Labute approximate surface area is 112 Å². The Balaban J connectivity index is 3.87. The monoisotopic (exact) mass is 258 g/mol. The van der Waals surface area contributed by atoms with E-state index in [9.17, 15) is 4.79 Å². The van der Waals surface area contributed by atoms with Gasteiger partial charge in [0.15, 0.2) is 0 Å². The van der Waals surface area contributed by atoms with Crippen molar-refractivity contribution < 1.29 is 14.3 Å². The number of hydrogen-bond acceptors (Lipinski definition) is 3. The van der Waals surface area contributed by atoms with Crippen molar-refractivity contribution in [1.82, 2.24) is 0 Å². The van der Waals surface area contributed by atoms with Crippen molar-refractivity contribution in [1.29, 1.82) is 0 Å². The number of hydrogen-bond donors (Lipinski definition) is 0. The minimum absolute atomic E-state index is 0.00355. The smallest absolute Gasteiger partial charge is 0.308 e. The van der Waals surface area contributed by atoms with Crippen molar-refractivity contribution in [3.63, 3.8) is 0 Å². The molecule has 0 bridgehead atoms. The van der Waals surface area contributed by atoms with Gasteiger partial charge in [0, 0.05) is 0 Å². The predicted octanol–water partition coefficient (Wildman–Crippen LogP) is 3.95. The van der Waals surface area contributed by atoms with Crippen LogP contribution in [0.5, 0.6) is 0 Å². The Kier molecular flexibility index (Phi) is 6.90. The molecule has 0 amide bonds. The fourth-order valence-corrected chi connectivity index (χ4v) is 1.86. The molecule has 0 aromatic rings. The number of ether oxygens (including phenoxy) is 2. The first-order valence-electron chi connectivity index (χ1n) is 6.94. The Morgan fingerprint density at radius 2 is 1.72 bits per heavy atom. The van der Waals surface area contributed by atoms with Crippen LogP contribution in [0, 0.1) is 5.92 Å². The highest BCUT2D eigenvalue weighted by molar-refractivity contribution is 5.71. The number of rotatable bonds is 7. The van der Waals surface area contributed by atoms with Crippen molar-refractivity contribution in [2.24, 2.45) is 5.92 Å². The first kappa shape index (κ1) is 17.4. The summed E-state index contributed by atoms with van der Waals surface area (Å²) in [5, 5.41) is 0. The molecule has 0 N–H and O–H groups in total. The lowest BCUT2D eigenvalue weighted by Crippen LogP contribution is -2.35. The lowest BCUT2D eigenvalue weighted by molar-refractivity contribution is -0.149. The quantitative estimate of drug-likeness (QED) is 0.512. The maximum Gasteiger partial charge on any atom is 0.308 e. The van der Waals surface area contributed by atoms with Crippen molar-refractivity contribution >= 4 is 5.97 Å². The molecule has 0 aromatic heterocycles. The minimum Gasteiger partial charge on any atom is -0.465 e. The van der Waals surface area contributed by atoms with Gasteiger partial charge in [0.1, 0.15) is 0 Å². The summed E-state index contributed by atoms with van der Waals surface area (Å²) in [6, 6.07) is 0. The molecular weight excluding hydrogens is 228 g/mol. The fourth-order valence-electron chi connectivity index (χ4n) is 1.86. The third kappa shape index (κ3) is 8.51. The highest BCUT2D eigenvalue weighted by Gasteiger charge is 2.25. The van der Waals surface area contributed by atoms with Crippen LogP contribution in [0.3, 0.4) is 0 Å². The van der Waals surface area contributed by atoms with Gasteiger partial charge in [-0.05, 0) is 53.9 Å². The Morgan fingerprint density at radius 3 is 2.17 bits per heavy atom. The van der Waals surface area contributed by atoms with E-state index in [-0.39, 0.29) is 23.1 Å². The molecule has 0 aliphatic rings. The number of carbonyl (C=O) groups excluding carboxylic acids is 1. The van der Waals surface area contributed by atoms with Crippen molar-refractivity contribution in [3.8, 4) is 0 Å². The van der Waals surface area contributed by atoms with Crippen LogP contribution in [0.15, 0.2) is 0 Å². The van der Waals surface area contributed by atoms with Gasteiger partial charge in [-0.2, -0.15) is 0 Å². The Bertz CT molecular complexity index is 251. The molecule has 0 heterocycles. The van der Waals surface area contributed by atoms with E-state index < -0.39 is 0 Å². The lowest BCUT2D eigenvalue weighted by Gasteiger charge is -2.33. The first-order chi connectivity index (χ1) is 8.07. The van der Waals surface area contributed by atoms with E-state index in [0.717, 1.165) is 19.3 Å². The van der Waals surface area contributed by atoms with Crippen LogP contribution >= 0.6 is 0 Å². The molecule has 0 aliphatic carbocycles. The molecule has 1 atom stereocenters. The van der Waals surface area contributed by atoms with Gasteiger partial charge in [0.2, 0.25) is 0 Å². The van der Waals surface area contributed by atoms with Gasteiger partial charge in [-0.15, -0.1) is 0 Å². The van der Waals surface area contributed by atoms with Gasteiger partial charge in [-0.1, -0.05) is 13.8 Å². The molecule has 0 aliphatic heterocycles. The average Bonchev–Trinajstić information content (AvgIpc) is 2.19. The molecule has 3 nitrogen and oxygen atoms in total.